The molecule has 0 spiro atoms. The largest absolute Gasteiger partial charge is 0.433 e. The Hall–Kier alpha value is -2.18. The minimum atomic E-state index is -4.49. The van der Waals surface area contributed by atoms with Gasteiger partial charge in [-0.1, -0.05) is 6.07 Å². The second-order valence-corrected chi connectivity index (χ2v) is 3.52. The monoisotopic (exact) mass is 254 g/mol. The molecular weight excluding hydrogens is 245 g/mol. The summed E-state index contributed by atoms with van der Waals surface area (Å²) in [6, 6.07) is 5.90. The van der Waals surface area contributed by atoms with Crippen molar-refractivity contribution in [2.24, 2.45) is 0 Å². The van der Waals surface area contributed by atoms with Gasteiger partial charge < -0.3 is 5.32 Å². The number of halogens is 3. The molecule has 0 atom stereocenters. The molecule has 2 aromatic heterocycles. The third-order valence-electron chi connectivity index (χ3n) is 2.05. The zero-order valence-electron chi connectivity index (χ0n) is 9.36. The number of anilines is 2. The Morgan fingerprint density at radius 1 is 1.11 bits per heavy atom. The molecule has 7 heteroatoms. The van der Waals surface area contributed by atoms with Crippen LogP contribution in [0.5, 0.6) is 0 Å². The highest BCUT2D eigenvalue weighted by Crippen LogP contribution is 2.29. The highest BCUT2D eigenvalue weighted by atomic mass is 19.4. The number of hydrogen-bond acceptors (Lipinski definition) is 4. The maximum Gasteiger partial charge on any atom is 0.433 e. The van der Waals surface area contributed by atoms with Gasteiger partial charge in [-0.25, -0.2) is 15.0 Å². The van der Waals surface area contributed by atoms with Gasteiger partial charge in [0.15, 0.2) is 0 Å². The van der Waals surface area contributed by atoms with Crippen LogP contribution in [0.15, 0.2) is 30.5 Å². The topological polar surface area (TPSA) is 50.7 Å². The Bertz CT molecular complexity index is 540. The fourth-order valence-electron chi connectivity index (χ4n) is 1.34. The van der Waals surface area contributed by atoms with E-state index in [1.807, 2.05) is 0 Å². The van der Waals surface area contributed by atoms with Crippen molar-refractivity contribution in [3.05, 3.63) is 42.0 Å². The van der Waals surface area contributed by atoms with Gasteiger partial charge in [0.05, 0.1) is 0 Å². The lowest BCUT2D eigenvalue weighted by molar-refractivity contribution is -0.141. The van der Waals surface area contributed by atoms with Gasteiger partial charge in [0, 0.05) is 12.3 Å². The number of nitrogens with one attached hydrogen (secondary N) is 1. The Morgan fingerprint density at radius 2 is 1.89 bits per heavy atom. The number of aryl methyl sites for hydroxylation is 1. The van der Waals surface area contributed by atoms with Crippen LogP contribution in [0.3, 0.4) is 0 Å². The standard InChI is InChI=1S/C11H9F3N4/c1-7-16-8(11(12,13)14)6-10(17-7)18-9-4-2-3-5-15-9/h2-6H,1H3,(H,15,16,17,18). The van der Waals surface area contributed by atoms with Gasteiger partial charge in [-0.3, -0.25) is 0 Å². The van der Waals surface area contributed by atoms with Gasteiger partial charge in [-0.15, -0.1) is 0 Å². The summed E-state index contributed by atoms with van der Waals surface area (Å²) in [4.78, 5) is 11.2. The molecule has 18 heavy (non-hydrogen) atoms. The predicted octanol–water partition coefficient (Wildman–Crippen LogP) is 2.94. The molecule has 0 saturated carbocycles. The van der Waals surface area contributed by atoms with E-state index < -0.39 is 11.9 Å². The van der Waals surface area contributed by atoms with E-state index >= 15 is 0 Å². The SMILES string of the molecule is Cc1nc(Nc2ccccn2)cc(C(F)(F)F)n1. The van der Waals surface area contributed by atoms with E-state index in [1.165, 1.54) is 13.1 Å². The van der Waals surface area contributed by atoms with Gasteiger partial charge >= 0.3 is 6.18 Å². The molecule has 2 heterocycles. The van der Waals surface area contributed by atoms with Crippen molar-refractivity contribution in [1.82, 2.24) is 15.0 Å². The average Bonchev–Trinajstić information content (AvgIpc) is 2.28. The van der Waals surface area contributed by atoms with Crippen LogP contribution >= 0.6 is 0 Å². The third kappa shape index (κ3) is 2.93. The van der Waals surface area contributed by atoms with Crippen LogP contribution in [0.4, 0.5) is 24.8 Å². The molecule has 94 valence electrons. The summed E-state index contributed by atoms with van der Waals surface area (Å²) in [6.07, 6.45) is -2.96. The summed E-state index contributed by atoms with van der Waals surface area (Å²) in [5, 5.41) is 2.70. The van der Waals surface area contributed by atoms with Crippen LogP contribution in [0.2, 0.25) is 0 Å². The highest BCUT2D eigenvalue weighted by Gasteiger charge is 2.33. The van der Waals surface area contributed by atoms with E-state index in [4.69, 9.17) is 0 Å². The van der Waals surface area contributed by atoms with Crippen molar-refractivity contribution in [1.29, 1.82) is 0 Å². The van der Waals surface area contributed by atoms with Gasteiger partial charge in [-0.05, 0) is 19.1 Å². The van der Waals surface area contributed by atoms with Crippen LogP contribution in [-0.4, -0.2) is 15.0 Å². The molecular formula is C11H9F3N4. The molecule has 0 unspecified atom stereocenters. The molecule has 0 amide bonds. The summed E-state index contributed by atoms with van der Waals surface area (Å²) >= 11 is 0. The first kappa shape index (κ1) is 12.3. The molecule has 4 nitrogen and oxygen atoms in total. The summed E-state index contributed by atoms with van der Waals surface area (Å²) in [7, 11) is 0. The first-order chi connectivity index (χ1) is 8.45. The molecule has 0 aromatic carbocycles. The summed E-state index contributed by atoms with van der Waals surface area (Å²) in [6.45, 7) is 1.40. The summed E-state index contributed by atoms with van der Waals surface area (Å²) in [5.41, 5.74) is -0.978. The van der Waals surface area contributed by atoms with Crippen molar-refractivity contribution in [3.8, 4) is 0 Å². The zero-order chi connectivity index (χ0) is 13.2. The lowest BCUT2D eigenvalue weighted by Crippen LogP contribution is -2.11. The normalized spacial score (nSPS) is 11.3. The van der Waals surface area contributed by atoms with Crippen LogP contribution in [0, 0.1) is 6.92 Å². The molecule has 0 bridgehead atoms. The minimum absolute atomic E-state index is 0.0447. The maximum atomic E-state index is 12.6. The Morgan fingerprint density at radius 3 is 2.50 bits per heavy atom. The average molecular weight is 254 g/mol. The van der Waals surface area contributed by atoms with Crippen LogP contribution < -0.4 is 5.32 Å². The Kier molecular flexibility index (Phi) is 3.14. The van der Waals surface area contributed by atoms with Crippen LogP contribution in [-0.2, 0) is 6.18 Å². The van der Waals surface area contributed by atoms with Crippen molar-refractivity contribution in [3.63, 3.8) is 0 Å². The molecule has 2 rings (SSSR count). The zero-order valence-corrected chi connectivity index (χ0v) is 9.36. The molecule has 0 saturated heterocycles. The number of hydrogen-bond donors (Lipinski definition) is 1. The molecule has 0 aliphatic carbocycles. The van der Waals surface area contributed by atoms with Crippen molar-refractivity contribution in [2.75, 3.05) is 5.32 Å². The lowest BCUT2D eigenvalue weighted by atomic mass is 10.3. The van der Waals surface area contributed by atoms with Crippen molar-refractivity contribution < 1.29 is 13.2 Å². The minimum Gasteiger partial charge on any atom is -0.325 e. The molecule has 0 aliphatic rings. The first-order valence-corrected chi connectivity index (χ1v) is 5.06. The first-order valence-electron chi connectivity index (χ1n) is 5.06. The Labute approximate surface area is 101 Å². The summed E-state index contributed by atoms with van der Waals surface area (Å²) < 4.78 is 37.7. The smallest absolute Gasteiger partial charge is 0.325 e. The van der Waals surface area contributed by atoms with E-state index in [-0.39, 0.29) is 11.6 Å². The fourth-order valence-corrected chi connectivity index (χ4v) is 1.34. The van der Waals surface area contributed by atoms with Gasteiger partial charge in [0.1, 0.15) is 23.2 Å². The van der Waals surface area contributed by atoms with Gasteiger partial charge in [0.25, 0.3) is 0 Å². The van der Waals surface area contributed by atoms with Crippen molar-refractivity contribution >= 4 is 11.6 Å². The number of aromatic nitrogens is 3. The number of alkyl halides is 3. The highest BCUT2D eigenvalue weighted by molar-refractivity contribution is 5.51. The van der Waals surface area contributed by atoms with Crippen molar-refractivity contribution in [2.45, 2.75) is 13.1 Å². The fraction of sp³-hybridized carbons (Fsp3) is 0.182. The lowest BCUT2D eigenvalue weighted by Gasteiger charge is -2.09. The molecule has 0 aliphatic heterocycles. The summed E-state index contributed by atoms with van der Waals surface area (Å²) in [5.74, 6) is 0.528. The van der Waals surface area contributed by atoms with Gasteiger partial charge in [0.2, 0.25) is 0 Å². The number of rotatable bonds is 2. The second kappa shape index (κ2) is 4.59. The molecule has 1 N–H and O–H groups in total. The molecule has 2 aromatic rings. The van der Waals surface area contributed by atoms with E-state index in [0.717, 1.165) is 6.07 Å². The predicted molar refractivity (Wildman–Crippen MR) is 59.3 cm³/mol. The van der Waals surface area contributed by atoms with Crippen LogP contribution in [0.25, 0.3) is 0 Å². The molecule has 0 fully saturated rings. The Balaban J connectivity index is 2.32. The molecule has 0 radical (unpaired) electrons. The van der Waals surface area contributed by atoms with E-state index in [9.17, 15) is 13.2 Å². The third-order valence-corrected chi connectivity index (χ3v) is 2.05. The van der Waals surface area contributed by atoms with E-state index in [1.54, 1.807) is 18.2 Å². The van der Waals surface area contributed by atoms with E-state index in [0.29, 0.717) is 5.82 Å². The quantitative estimate of drug-likeness (QED) is 0.895. The second-order valence-electron chi connectivity index (χ2n) is 3.52. The van der Waals surface area contributed by atoms with Gasteiger partial charge in [-0.2, -0.15) is 13.2 Å². The van der Waals surface area contributed by atoms with Crippen LogP contribution in [0.1, 0.15) is 11.5 Å². The number of nitrogens with zero attached hydrogens (tertiary/aromatic N) is 3. The number of pyridine rings is 1. The van der Waals surface area contributed by atoms with E-state index in [2.05, 4.69) is 20.3 Å². The maximum absolute atomic E-state index is 12.6.